The van der Waals surface area contributed by atoms with Crippen LogP contribution in [0.5, 0.6) is 5.75 Å². The summed E-state index contributed by atoms with van der Waals surface area (Å²) in [6.07, 6.45) is -4.83. The van der Waals surface area contributed by atoms with Gasteiger partial charge in [0.1, 0.15) is 5.75 Å². The van der Waals surface area contributed by atoms with Gasteiger partial charge < -0.3 is 10.1 Å². The maximum atomic E-state index is 14.4. The molecule has 1 saturated heterocycles. The normalized spacial score (nSPS) is 15.8. The molecule has 1 N–H and O–H groups in total. The van der Waals surface area contributed by atoms with Gasteiger partial charge in [-0.25, -0.2) is 13.2 Å². The molecule has 0 spiro atoms. The van der Waals surface area contributed by atoms with Crippen LogP contribution >= 0.6 is 24.8 Å². The van der Waals surface area contributed by atoms with Crippen molar-refractivity contribution in [2.75, 3.05) is 26.2 Å². The first-order valence-electron chi connectivity index (χ1n) is 8.20. The zero-order valence-corrected chi connectivity index (χ0v) is 16.4. The van der Waals surface area contributed by atoms with E-state index in [0.717, 1.165) is 24.3 Å². The Bertz CT molecular complexity index is 798. The zero-order valence-electron chi connectivity index (χ0n) is 14.8. The summed E-state index contributed by atoms with van der Waals surface area (Å²) in [7, 11) is 0. The maximum Gasteiger partial charge on any atom is 0.573 e. The van der Waals surface area contributed by atoms with Gasteiger partial charge in [0, 0.05) is 31.7 Å². The van der Waals surface area contributed by atoms with Gasteiger partial charge >= 0.3 is 6.36 Å². The number of nitrogens with zero attached hydrogens (tertiary/aromatic N) is 1. The number of halogens is 8. The van der Waals surface area contributed by atoms with Crippen LogP contribution in [0.3, 0.4) is 0 Å². The van der Waals surface area contributed by atoms with E-state index < -0.39 is 35.6 Å². The van der Waals surface area contributed by atoms with Crippen molar-refractivity contribution in [1.29, 1.82) is 0 Å². The average molecular weight is 463 g/mol. The molecule has 1 heterocycles. The molecular weight excluding hydrogens is 445 g/mol. The molecule has 2 aromatic carbocycles. The van der Waals surface area contributed by atoms with E-state index in [0.29, 0.717) is 31.7 Å². The summed E-state index contributed by atoms with van der Waals surface area (Å²) in [4.78, 5) is 1.85. The number of nitrogens with one attached hydrogen (secondary N) is 1. The van der Waals surface area contributed by atoms with Crippen molar-refractivity contribution in [2.24, 2.45) is 0 Å². The topological polar surface area (TPSA) is 24.5 Å². The SMILES string of the molecule is Cl.Cl.Fc1ccc([C@H](c2ccc(OC(F)(F)F)cc2)N2CCNCC2)c(F)c1F. The third kappa shape index (κ3) is 6.15. The van der Waals surface area contributed by atoms with Gasteiger partial charge in [-0.2, -0.15) is 0 Å². The van der Waals surface area contributed by atoms with Crippen LogP contribution in [0.2, 0.25) is 0 Å². The maximum absolute atomic E-state index is 14.4. The molecule has 0 amide bonds. The van der Waals surface area contributed by atoms with Crippen molar-refractivity contribution in [3.8, 4) is 5.75 Å². The van der Waals surface area contributed by atoms with Crippen molar-refractivity contribution in [1.82, 2.24) is 10.2 Å². The summed E-state index contributed by atoms with van der Waals surface area (Å²) >= 11 is 0. The number of piperazine rings is 1. The van der Waals surface area contributed by atoms with E-state index >= 15 is 0 Å². The van der Waals surface area contributed by atoms with Gasteiger partial charge in [0.15, 0.2) is 17.5 Å². The molecule has 1 aliphatic rings. The molecule has 0 bridgehead atoms. The first-order valence-corrected chi connectivity index (χ1v) is 8.20. The van der Waals surface area contributed by atoms with E-state index in [4.69, 9.17) is 0 Å². The second kappa shape index (κ2) is 10.4. The summed E-state index contributed by atoms with van der Waals surface area (Å²) in [6, 6.07) is 6.14. The highest BCUT2D eigenvalue weighted by molar-refractivity contribution is 5.85. The molecule has 3 nitrogen and oxygen atoms in total. The lowest BCUT2D eigenvalue weighted by Crippen LogP contribution is -2.45. The molecule has 2 aromatic rings. The predicted octanol–water partition coefficient (Wildman–Crippen LogP) is 4.84. The molecule has 29 heavy (non-hydrogen) atoms. The van der Waals surface area contributed by atoms with Crippen LogP contribution in [-0.4, -0.2) is 37.4 Å². The lowest BCUT2D eigenvalue weighted by atomic mass is 9.95. The van der Waals surface area contributed by atoms with Crippen LogP contribution < -0.4 is 10.1 Å². The fourth-order valence-corrected chi connectivity index (χ4v) is 3.13. The highest BCUT2D eigenvalue weighted by atomic mass is 35.5. The van der Waals surface area contributed by atoms with E-state index in [1.54, 1.807) is 0 Å². The zero-order chi connectivity index (χ0) is 19.6. The molecule has 0 radical (unpaired) electrons. The van der Waals surface area contributed by atoms with Crippen LogP contribution in [0.15, 0.2) is 36.4 Å². The largest absolute Gasteiger partial charge is 0.573 e. The lowest BCUT2D eigenvalue weighted by Gasteiger charge is -2.35. The third-order valence-electron chi connectivity index (χ3n) is 4.31. The van der Waals surface area contributed by atoms with Crippen LogP contribution in [0.1, 0.15) is 17.2 Å². The molecule has 0 aromatic heterocycles. The fraction of sp³-hybridized carbons (Fsp3) is 0.333. The lowest BCUT2D eigenvalue weighted by molar-refractivity contribution is -0.274. The summed E-state index contributed by atoms with van der Waals surface area (Å²) < 4.78 is 82.3. The number of ether oxygens (including phenoxy) is 1. The number of alkyl halides is 3. The van der Waals surface area contributed by atoms with Gasteiger partial charge in [-0.3, -0.25) is 4.90 Å². The molecule has 162 valence electrons. The molecule has 0 aliphatic carbocycles. The summed E-state index contributed by atoms with van der Waals surface area (Å²) in [5.74, 6) is -4.61. The monoisotopic (exact) mass is 462 g/mol. The predicted molar refractivity (Wildman–Crippen MR) is 100 cm³/mol. The minimum Gasteiger partial charge on any atom is -0.406 e. The Kier molecular flexibility index (Phi) is 9.08. The smallest absolute Gasteiger partial charge is 0.406 e. The van der Waals surface area contributed by atoms with Crippen molar-refractivity contribution in [3.63, 3.8) is 0 Å². The minimum absolute atomic E-state index is 0. The molecule has 1 aliphatic heterocycles. The Balaban J connectivity index is 0.00000210. The molecule has 3 rings (SSSR count). The van der Waals surface area contributed by atoms with E-state index in [1.165, 1.54) is 12.1 Å². The molecular formula is C18H18Cl2F6N2O. The summed E-state index contributed by atoms with van der Waals surface area (Å²) in [6.45, 7) is 2.22. The van der Waals surface area contributed by atoms with Crippen LogP contribution in [0, 0.1) is 17.5 Å². The van der Waals surface area contributed by atoms with E-state index in [9.17, 15) is 26.3 Å². The van der Waals surface area contributed by atoms with E-state index in [-0.39, 0.29) is 30.4 Å². The van der Waals surface area contributed by atoms with Crippen LogP contribution in [-0.2, 0) is 0 Å². The Hall–Kier alpha value is -1.68. The van der Waals surface area contributed by atoms with Gasteiger partial charge in [0.25, 0.3) is 0 Å². The molecule has 0 unspecified atom stereocenters. The average Bonchev–Trinajstić information content (AvgIpc) is 2.63. The van der Waals surface area contributed by atoms with Crippen molar-refractivity contribution >= 4 is 24.8 Å². The van der Waals surface area contributed by atoms with Gasteiger partial charge in [-0.15, -0.1) is 38.0 Å². The second-order valence-corrected chi connectivity index (χ2v) is 6.07. The Labute approximate surface area is 175 Å². The number of hydrogen-bond acceptors (Lipinski definition) is 3. The van der Waals surface area contributed by atoms with Crippen LogP contribution in [0.4, 0.5) is 26.3 Å². The number of hydrogen-bond donors (Lipinski definition) is 1. The Morgan fingerprint density at radius 2 is 1.45 bits per heavy atom. The highest BCUT2D eigenvalue weighted by Gasteiger charge is 2.32. The Morgan fingerprint density at radius 1 is 0.862 bits per heavy atom. The third-order valence-corrected chi connectivity index (χ3v) is 4.31. The van der Waals surface area contributed by atoms with Crippen LogP contribution in [0.25, 0.3) is 0 Å². The minimum atomic E-state index is -4.83. The first kappa shape index (κ1) is 25.4. The van der Waals surface area contributed by atoms with Gasteiger partial charge in [-0.1, -0.05) is 18.2 Å². The highest BCUT2D eigenvalue weighted by Crippen LogP contribution is 2.34. The van der Waals surface area contributed by atoms with Gasteiger partial charge in [0.05, 0.1) is 6.04 Å². The summed E-state index contributed by atoms with van der Waals surface area (Å²) in [5, 5.41) is 3.13. The molecule has 0 saturated carbocycles. The molecule has 1 atom stereocenters. The van der Waals surface area contributed by atoms with E-state index in [2.05, 4.69) is 10.1 Å². The van der Waals surface area contributed by atoms with Gasteiger partial charge in [0.2, 0.25) is 0 Å². The number of rotatable bonds is 4. The van der Waals surface area contributed by atoms with Crippen molar-refractivity contribution < 1.29 is 31.1 Å². The summed E-state index contributed by atoms with van der Waals surface area (Å²) in [5.41, 5.74) is 0.358. The van der Waals surface area contributed by atoms with Crippen molar-refractivity contribution in [2.45, 2.75) is 12.4 Å². The molecule has 1 fully saturated rings. The van der Waals surface area contributed by atoms with Gasteiger partial charge in [-0.05, 0) is 23.8 Å². The molecule has 11 heteroatoms. The second-order valence-electron chi connectivity index (χ2n) is 6.07. The number of benzene rings is 2. The first-order chi connectivity index (χ1) is 12.8. The standard InChI is InChI=1S/C18H16F6N2O.2ClH/c19-14-6-5-13(15(20)16(14)21)17(26-9-7-25-8-10-26)11-1-3-12(4-2-11)27-18(22,23)24;;/h1-6,17,25H,7-10H2;2*1H/t17-;;/m0../s1. The van der Waals surface area contributed by atoms with Crippen molar-refractivity contribution in [3.05, 3.63) is 65.0 Å². The Morgan fingerprint density at radius 3 is 2.00 bits per heavy atom. The quantitative estimate of drug-likeness (QED) is 0.519. The fourth-order valence-electron chi connectivity index (χ4n) is 3.13. The van der Waals surface area contributed by atoms with E-state index in [1.807, 2.05) is 4.90 Å².